The maximum Gasteiger partial charge on any atom is 0.100 e. The highest BCUT2D eigenvalue weighted by Crippen LogP contribution is 2.20. The summed E-state index contributed by atoms with van der Waals surface area (Å²) in [5.41, 5.74) is 1.64. The fourth-order valence-corrected chi connectivity index (χ4v) is 1.61. The monoisotopic (exact) mass is 262 g/mol. The number of anilines is 1. The molecule has 0 amide bonds. The first-order valence-corrected chi connectivity index (χ1v) is 5.44. The topological polar surface area (TPSA) is 35.8 Å². The van der Waals surface area contributed by atoms with Crippen molar-refractivity contribution in [3.05, 3.63) is 28.2 Å². The van der Waals surface area contributed by atoms with Gasteiger partial charge in [-0.15, -0.1) is 12.3 Å². The van der Waals surface area contributed by atoms with Crippen LogP contribution in [0.4, 0.5) is 5.69 Å². The van der Waals surface area contributed by atoms with Crippen LogP contribution in [0.5, 0.6) is 0 Å². The van der Waals surface area contributed by atoms with Crippen LogP contribution in [0.1, 0.15) is 18.4 Å². The minimum atomic E-state index is 0.643. The van der Waals surface area contributed by atoms with Crippen molar-refractivity contribution < 1.29 is 0 Å². The molecule has 0 unspecified atom stereocenters. The minimum absolute atomic E-state index is 0.643. The molecule has 3 heteroatoms. The van der Waals surface area contributed by atoms with Crippen LogP contribution >= 0.6 is 15.9 Å². The molecule has 0 aromatic heterocycles. The molecule has 0 radical (unpaired) electrons. The van der Waals surface area contributed by atoms with Gasteiger partial charge in [-0.25, -0.2) is 0 Å². The van der Waals surface area contributed by atoms with Gasteiger partial charge in [0.05, 0.1) is 5.56 Å². The number of hydrogen-bond donors (Lipinski definition) is 1. The van der Waals surface area contributed by atoms with Gasteiger partial charge in [0.1, 0.15) is 6.07 Å². The molecule has 76 valence electrons. The Hall–Kier alpha value is -1.45. The van der Waals surface area contributed by atoms with Gasteiger partial charge >= 0.3 is 0 Å². The first-order valence-electron chi connectivity index (χ1n) is 4.65. The van der Waals surface area contributed by atoms with Gasteiger partial charge in [0.25, 0.3) is 0 Å². The van der Waals surface area contributed by atoms with Crippen LogP contribution in [0.15, 0.2) is 22.7 Å². The predicted molar refractivity (Wildman–Crippen MR) is 65.4 cm³/mol. The predicted octanol–water partition coefficient (Wildman–Crippen LogP) is 3.15. The number of halogens is 1. The normalized spacial score (nSPS) is 9.00. The minimum Gasteiger partial charge on any atom is -0.385 e. The van der Waals surface area contributed by atoms with Gasteiger partial charge in [-0.2, -0.15) is 5.26 Å². The van der Waals surface area contributed by atoms with Crippen molar-refractivity contribution in [2.24, 2.45) is 0 Å². The Morgan fingerprint density at radius 1 is 1.47 bits per heavy atom. The van der Waals surface area contributed by atoms with Crippen molar-refractivity contribution >= 4 is 21.6 Å². The average molecular weight is 263 g/mol. The lowest BCUT2D eigenvalue weighted by molar-refractivity contribution is 0.907. The zero-order valence-electron chi connectivity index (χ0n) is 8.26. The largest absolute Gasteiger partial charge is 0.385 e. The summed E-state index contributed by atoms with van der Waals surface area (Å²) < 4.78 is 0.812. The Morgan fingerprint density at radius 2 is 2.27 bits per heavy atom. The standard InChI is InChI=1S/C12H11BrN2/c1-2-3-4-7-15-11-6-5-10(9-14)12(13)8-11/h1,5-6,8,15H,3-4,7H2. The fraction of sp³-hybridized carbons (Fsp3) is 0.250. The van der Waals surface area contributed by atoms with E-state index in [9.17, 15) is 0 Å². The highest BCUT2D eigenvalue weighted by Gasteiger charge is 1.99. The Morgan fingerprint density at radius 3 is 2.87 bits per heavy atom. The summed E-state index contributed by atoms with van der Waals surface area (Å²) >= 11 is 3.34. The van der Waals surface area contributed by atoms with E-state index in [-0.39, 0.29) is 0 Å². The second kappa shape index (κ2) is 6.11. The molecule has 0 atom stereocenters. The molecule has 0 aliphatic carbocycles. The third-order valence-corrected chi connectivity index (χ3v) is 2.57. The van der Waals surface area contributed by atoms with E-state index < -0.39 is 0 Å². The van der Waals surface area contributed by atoms with E-state index in [1.54, 1.807) is 6.07 Å². The summed E-state index contributed by atoms with van der Waals surface area (Å²) in [6.07, 6.45) is 6.88. The molecule has 0 aliphatic heterocycles. The number of nitrogens with zero attached hydrogens (tertiary/aromatic N) is 1. The van der Waals surface area contributed by atoms with Crippen LogP contribution in [0, 0.1) is 23.7 Å². The zero-order valence-corrected chi connectivity index (χ0v) is 9.84. The Bertz CT molecular complexity index is 413. The number of benzene rings is 1. The van der Waals surface area contributed by atoms with Crippen molar-refractivity contribution in [1.29, 1.82) is 5.26 Å². The van der Waals surface area contributed by atoms with Crippen molar-refractivity contribution in [2.45, 2.75) is 12.8 Å². The highest BCUT2D eigenvalue weighted by atomic mass is 79.9. The Balaban J connectivity index is 2.54. The molecular weight excluding hydrogens is 252 g/mol. The maximum atomic E-state index is 8.73. The van der Waals surface area contributed by atoms with Gasteiger partial charge in [0.15, 0.2) is 0 Å². The molecule has 0 saturated heterocycles. The number of nitriles is 1. The van der Waals surface area contributed by atoms with Gasteiger partial charge in [0, 0.05) is 23.1 Å². The number of hydrogen-bond acceptors (Lipinski definition) is 2. The third kappa shape index (κ3) is 3.65. The molecule has 0 fully saturated rings. The second-order valence-electron chi connectivity index (χ2n) is 3.04. The highest BCUT2D eigenvalue weighted by molar-refractivity contribution is 9.10. The quantitative estimate of drug-likeness (QED) is 0.669. The van der Waals surface area contributed by atoms with Crippen molar-refractivity contribution in [3.8, 4) is 18.4 Å². The van der Waals surface area contributed by atoms with Crippen LogP contribution in [-0.2, 0) is 0 Å². The van der Waals surface area contributed by atoms with Crippen molar-refractivity contribution in [2.75, 3.05) is 11.9 Å². The first-order chi connectivity index (χ1) is 7.27. The number of unbranched alkanes of at least 4 members (excludes halogenated alkanes) is 1. The second-order valence-corrected chi connectivity index (χ2v) is 3.90. The van der Waals surface area contributed by atoms with E-state index in [2.05, 4.69) is 33.2 Å². The van der Waals surface area contributed by atoms with Crippen molar-refractivity contribution in [1.82, 2.24) is 0 Å². The summed E-state index contributed by atoms with van der Waals surface area (Å²) in [6, 6.07) is 7.67. The Labute approximate surface area is 98.4 Å². The SMILES string of the molecule is C#CCCCNc1ccc(C#N)c(Br)c1. The van der Waals surface area contributed by atoms with Crippen LogP contribution in [0.25, 0.3) is 0 Å². The van der Waals surface area contributed by atoms with E-state index in [1.807, 2.05) is 12.1 Å². The molecule has 0 aliphatic rings. The Kier molecular flexibility index (Phi) is 4.74. The number of rotatable bonds is 4. The smallest absolute Gasteiger partial charge is 0.100 e. The van der Waals surface area contributed by atoms with Crippen molar-refractivity contribution in [3.63, 3.8) is 0 Å². The molecule has 0 heterocycles. The summed E-state index contributed by atoms with van der Waals surface area (Å²) in [5.74, 6) is 2.59. The number of terminal acetylenes is 1. The van der Waals surface area contributed by atoms with Gasteiger partial charge in [-0.05, 0) is 40.5 Å². The van der Waals surface area contributed by atoms with Gasteiger partial charge < -0.3 is 5.32 Å². The average Bonchev–Trinajstić information content (AvgIpc) is 2.25. The van der Waals surface area contributed by atoms with E-state index in [0.717, 1.165) is 29.5 Å². The molecule has 15 heavy (non-hydrogen) atoms. The molecule has 1 aromatic carbocycles. The van der Waals surface area contributed by atoms with Crippen LogP contribution in [0.3, 0.4) is 0 Å². The lowest BCUT2D eigenvalue weighted by Crippen LogP contribution is -2.00. The lowest BCUT2D eigenvalue weighted by atomic mass is 10.2. The molecule has 1 aromatic rings. The summed E-state index contributed by atoms with van der Waals surface area (Å²) in [4.78, 5) is 0. The summed E-state index contributed by atoms with van der Waals surface area (Å²) in [7, 11) is 0. The lowest BCUT2D eigenvalue weighted by Gasteiger charge is -2.05. The van der Waals surface area contributed by atoms with Crippen LogP contribution in [0.2, 0.25) is 0 Å². The van der Waals surface area contributed by atoms with Crippen LogP contribution in [-0.4, -0.2) is 6.54 Å². The zero-order chi connectivity index (χ0) is 11.1. The molecule has 1 N–H and O–H groups in total. The summed E-state index contributed by atoms with van der Waals surface area (Å²) in [6.45, 7) is 0.850. The molecule has 1 rings (SSSR count). The summed E-state index contributed by atoms with van der Waals surface area (Å²) in [5, 5.41) is 12.0. The van der Waals surface area contributed by atoms with Gasteiger partial charge in [-0.1, -0.05) is 0 Å². The van der Waals surface area contributed by atoms with E-state index in [1.165, 1.54) is 0 Å². The third-order valence-electron chi connectivity index (χ3n) is 1.92. The van der Waals surface area contributed by atoms with E-state index in [4.69, 9.17) is 11.7 Å². The maximum absolute atomic E-state index is 8.73. The van der Waals surface area contributed by atoms with Crippen LogP contribution < -0.4 is 5.32 Å². The molecular formula is C12H11BrN2. The first kappa shape index (κ1) is 11.6. The molecule has 2 nitrogen and oxygen atoms in total. The van der Waals surface area contributed by atoms with E-state index >= 15 is 0 Å². The molecule has 0 bridgehead atoms. The van der Waals surface area contributed by atoms with E-state index in [0.29, 0.717) is 5.56 Å². The van der Waals surface area contributed by atoms with Gasteiger partial charge in [0.2, 0.25) is 0 Å². The number of nitrogens with one attached hydrogen (secondary N) is 1. The molecule has 0 saturated carbocycles. The fourth-order valence-electron chi connectivity index (χ4n) is 1.14. The molecule has 0 spiro atoms. The van der Waals surface area contributed by atoms with Gasteiger partial charge in [-0.3, -0.25) is 0 Å².